The van der Waals surface area contributed by atoms with Crippen LogP contribution in [-0.2, 0) is 16.1 Å². The van der Waals surface area contributed by atoms with Crippen molar-refractivity contribution >= 4 is 27.7 Å². The maximum absolute atomic E-state index is 13.2. The zero-order valence-electron chi connectivity index (χ0n) is 18.5. The summed E-state index contributed by atoms with van der Waals surface area (Å²) in [5.41, 5.74) is 3.15. The minimum Gasteiger partial charge on any atom is -0.484 e. The molecule has 1 atom stereocenters. The second-order valence-electron chi connectivity index (χ2n) is 8.38. The van der Waals surface area contributed by atoms with Crippen molar-refractivity contribution in [3.05, 3.63) is 63.6 Å². The first-order valence-electron chi connectivity index (χ1n) is 10.9. The predicted molar refractivity (Wildman–Crippen MR) is 126 cm³/mol. The van der Waals surface area contributed by atoms with Crippen LogP contribution in [0, 0.1) is 13.8 Å². The Hall–Kier alpha value is -2.34. The van der Waals surface area contributed by atoms with Gasteiger partial charge in [-0.2, -0.15) is 0 Å². The Balaban J connectivity index is 1.72. The molecule has 0 aliphatic heterocycles. The summed E-state index contributed by atoms with van der Waals surface area (Å²) in [5.74, 6) is 0.316. The number of rotatable bonds is 8. The van der Waals surface area contributed by atoms with Gasteiger partial charge in [0.2, 0.25) is 5.91 Å². The molecular weight excluding hydrogens is 456 g/mol. The highest BCUT2D eigenvalue weighted by Gasteiger charge is 2.28. The summed E-state index contributed by atoms with van der Waals surface area (Å²) < 4.78 is 6.76. The lowest BCUT2D eigenvalue weighted by Crippen LogP contribution is -2.50. The molecule has 1 N–H and O–H groups in total. The number of hydrogen-bond donors (Lipinski definition) is 1. The van der Waals surface area contributed by atoms with Gasteiger partial charge in [0.25, 0.3) is 5.91 Å². The van der Waals surface area contributed by atoms with E-state index < -0.39 is 6.04 Å². The molecule has 2 aromatic carbocycles. The van der Waals surface area contributed by atoms with E-state index in [1.54, 1.807) is 11.8 Å². The Morgan fingerprint density at radius 1 is 1.16 bits per heavy atom. The summed E-state index contributed by atoms with van der Waals surface area (Å²) in [5, 5.41) is 3.12. The van der Waals surface area contributed by atoms with Gasteiger partial charge in [0.15, 0.2) is 6.61 Å². The molecule has 0 aromatic heterocycles. The van der Waals surface area contributed by atoms with E-state index in [-0.39, 0.29) is 24.5 Å². The molecule has 1 fully saturated rings. The van der Waals surface area contributed by atoms with Crippen LogP contribution in [0.15, 0.2) is 46.9 Å². The molecule has 0 heterocycles. The van der Waals surface area contributed by atoms with Crippen LogP contribution in [0.2, 0.25) is 0 Å². The molecule has 0 saturated heterocycles. The Labute approximate surface area is 193 Å². The number of nitrogens with zero attached hydrogens (tertiary/aromatic N) is 1. The van der Waals surface area contributed by atoms with E-state index in [1.807, 2.05) is 56.3 Å². The van der Waals surface area contributed by atoms with Crippen LogP contribution in [-0.4, -0.2) is 35.4 Å². The summed E-state index contributed by atoms with van der Waals surface area (Å²) in [4.78, 5) is 27.7. The number of aryl methyl sites for hydroxylation is 2. The van der Waals surface area contributed by atoms with Crippen LogP contribution in [0.5, 0.6) is 5.75 Å². The van der Waals surface area contributed by atoms with E-state index in [2.05, 4.69) is 21.2 Å². The van der Waals surface area contributed by atoms with Crippen molar-refractivity contribution in [2.24, 2.45) is 0 Å². The average Bonchev–Trinajstić information content (AvgIpc) is 3.25. The van der Waals surface area contributed by atoms with Crippen LogP contribution in [0.3, 0.4) is 0 Å². The number of halogens is 1. The SMILES string of the molecule is Cc1cccc(CN(C(=O)COc2ccc(Br)c(C)c2)C(C)C(=O)NC2CCCC2)c1. The largest absolute Gasteiger partial charge is 0.484 e. The van der Waals surface area contributed by atoms with E-state index in [0.717, 1.165) is 46.8 Å². The van der Waals surface area contributed by atoms with Crippen LogP contribution in [0.1, 0.15) is 49.3 Å². The number of amides is 2. The van der Waals surface area contributed by atoms with E-state index >= 15 is 0 Å². The fraction of sp³-hybridized carbons (Fsp3) is 0.440. The van der Waals surface area contributed by atoms with Gasteiger partial charge >= 0.3 is 0 Å². The minimum absolute atomic E-state index is 0.104. The molecule has 3 rings (SSSR count). The first-order chi connectivity index (χ1) is 14.8. The van der Waals surface area contributed by atoms with Crippen molar-refractivity contribution in [1.29, 1.82) is 0 Å². The third-order valence-corrected chi connectivity index (χ3v) is 6.69. The van der Waals surface area contributed by atoms with Gasteiger partial charge in [0.05, 0.1) is 0 Å². The molecule has 1 saturated carbocycles. The first-order valence-corrected chi connectivity index (χ1v) is 11.7. The van der Waals surface area contributed by atoms with E-state index in [4.69, 9.17) is 4.74 Å². The number of benzene rings is 2. The van der Waals surface area contributed by atoms with E-state index in [0.29, 0.717) is 12.3 Å². The van der Waals surface area contributed by atoms with Gasteiger partial charge in [-0.15, -0.1) is 0 Å². The maximum atomic E-state index is 13.2. The quantitative estimate of drug-likeness (QED) is 0.575. The molecular formula is C25H31BrN2O3. The number of hydrogen-bond acceptors (Lipinski definition) is 3. The lowest BCUT2D eigenvalue weighted by Gasteiger charge is -2.29. The zero-order chi connectivity index (χ0) is 22.4. The number of carbonyl (C=O) groups excluding carboxylic acids is 2. The van der Waals surface area contributed by atoms with Crippen molar-refractivity contribution in [2.45, 2.75) is 65.1 Å². The Bertz CT molecular complexity index is 925. The Morgan fingerprint density at radius 2 is 1.90 bits per heavy atom. The number of nitrogens with one attached hydrogen (secondary N) is 1. The van der Waals surface area contributed by atoms with Gasteiger partial charge in [0, 0.05) is 17.1 Å². The van der Waals surface area contributed by atoms with E-state index in [1.165, 1.54) is 0 Å². The molecule has 31 heavy (non-hydrogen) atoms. The normalized spacial score (nSPS) is 14.8. The van der Waals surface area contributed by atoms with Crippen molar-refractivity contribution < 1.29 is 14.3 Å². The fourth-order valence-corrected chi connectivity index (χ4v) is 4.16. The Kier molecular flexibility index (Phi) is 8.13. The highest BCUT2D eigenvalue weighted by atomic mass is 79.9. The molecule has 0 bridgehead atoms. The van der Waals surface area contributed by atoms with Crippen molar-refractivity contribution in [3.8, 4) is 5.75 Å². The second-order valence-corrected chi connectivity index (χ2v) is 9.23. The van der Waals surface area contributed by atoms with Crippen LogP contribution >= 0.6 is 15.9 Å². The molecule has 1 aliphatic rings. The summed E-state index contributed by atoms with van der Waals surface area (Å²) in [6, 6.07) is 13.3. The van der Waals surface area contributed by atoms with Gasteiger partial charge in [-0.25, -0.2) is 0 Å². The smallest absolute Gasteiger partial charge is 0.261 e. The predicted octanol–water partition coefficient (Wildman–Crippen LogP) is 4.92. The summed E-state index contributed by atoms with van der Waals surface area (Å²) in [6.45, 7) is 6.03. The molecule has 0 radical (unpaired) electrons. The first kappa shape index (κ1) is 23.3. The Morgan fingerprint density at radius 3 is 2.58 bits per heavy atom. The van der Waals surface area contributed by atoms with Crippen LogP contribution in [0.4, 0.5) is 0 Å². The highest BCUT2D eigenvalue weighted by Crippen LogP contribution is 2.22. The van der Waals surface area contributed by atoms with Crippen LogP contribution in [0.25, 0.3) is 0 Å². The molecule has 6 heteroatoms. The lowest BCUT2D eigenvalue weighted by atomic mass is 10.1. The van der Waals surface area contributed by atoms with E-state index in [9.17, 15) is 9.59 Å². The molecule has 1 unspecified atom stereocenters. The molecule has 2 amide bonds. The fourth-order valence-electron chi connectivity index (χ4n) is 3.92. The van der Waals surface area contributed by atoms with Crippen molar-refractivity contribution in [2.75, 3.05) is 6.61 Å². The molecule has 5 nitrogen and oxygen atoms in total. The third kappa shape index (κ3) is 6.57. The standard InChI is InChI=1S/C25H31BrN2O3/c1-17-7-6-8-20(13-17)15-28(19(3)25(30)27-21-9-4-5-10-21)24(29)16-31-22-11-12-23(26)18(2)14-22/h6-8,11-14,19,21H,4-5,9-10,15-16H2,1-3H3,(H,27,30). The number of carbonyl (C=O) groups is 2. The molecule has 0 spiro atoms. The van der Waals surface area contributed by atoms with Gasteiger partial charge in [0.1, 0.15) is 11.8 Å². The number of ether oxygens (including phenoxy) is 1. The maximum Gasteiger partial charge on any atom is 0.261 e. The van der Waals surface area contributed by atoms with Gasteiger partial charge in [-0.3, -0.25) is 9.59 Å². The minimum atomic E-state index is -0.580. The highest BCUT2D eigenvalue weighted by molar-refractivity contribution is 9.10. The van der Waals surface area contributed by atoms with Gasteiger partial charge in [-0.1, -0.05) is 58.6 Å². The average molecular weight is 487 g/mol. The molecule has 166 valence electrons. The zero-order valence-corrected chi connectivity index (χ0v) is 20.1. The molecule has 1 aliphatic carbocycles. The summed E-state index contributed by atoms with van der Waals surface area (Å²) >= 11 is 3.47. The summed E-state index contributed by atoms with van der Waals surface area (Å²) in [6.07, 6.45) is 4.31. The van der Waals surface area contributed by atoms with Gasteiger partial charge in [-0.05, 0) is 62.9 Å². The third-order valence-electron chi connectivity index (χ3n) is 5.80. The van der Waals surface area contributed by atoms with Crippen molar-refractivity contribution in [3.63, 3.8) is 0 Å². The summed E-state index contributed by atoms with van der Waals surface area (Å²) in [7, 11) is 0. The monoisotopic (exact) mass is 486 g/mol. The topological polar surface area (TPSA) is 58.6 Å². The van der Waals surface area contributed by atoms with Crippen molar-refractivity contribution in [1.82, 2.24) is 10.2 Å². The molecule has 2 aromatic rings. The lowest BCUT2D eigenvalue weighted by molar-refractivity contribution is -0.142. The second kappa shape index (κ2) is 10.8. The van der Waals surface area contributed by atoms with Crippen LogP contribution < -0.4 is 10.1 Å². The van der Waals surface area contributed by atoms with Gasteiger partial charge < -0.3 is 15.0 Å².